The Morgan fingerprint density at radius 1 is 1.64 bits per heavy atom. The van der Waals surface area contributed by atoms with Gasteiger partial charge in [0.1, 0.15) is 5.82 Å². The molecule has 1 aromatic heterocycles. The van der Waals surface area contributed by atoms with Crippen LogP contribution >= 0.6 is 0 Å². The molecule has 0 spiro atoms. The van der Waals surface area contributed by atoms with E-state index in [9.17, 15) is 4.39 Å². The highest BCUT2D eigenvalue weighted by Crippen LogP contribution is 2.52. The van der Waals surface area contributed by atoms with Crippen molar-refractivity contribution in [2.45, 2.75) is 18.8 Å². The number of nitrogens with one attached hydrogen (secondary N) is 1. The highest BCUT2D eigenvalue weighted by molar-refractivity contribution is 5.26. The van der Waals surface area contributed by atoms with Crippen molar-refractivity contribution in [1.29, 1.82) is 0 Å². The van der Waals surface area contributed by atoms with E-state index in [1.165, 1.54) is 12.3 Å². The molecule has 1 heterocycles. The lowest BCUT2D eigenvalue weighted by molar-refractivity contribution is 0.589. The molecule has 1 saturated carbocycles. The van der Waals surface area contributed by atoms with Gasteiger partial charge in [-0.3, -0.25) is 4.98 Å². The normalized spacial score (nSPS) is 30.4. The summed E-state index contributed by atoms with van der Waals surface area (Å²) < 4.78 is 12.7. The van der Waals surface area contributed by atoms with Crippen LogP contribution in [-0.2, 0) is 5.41 Å². The number of hydrogen-bond donors (Lipinski definition) is 1. The maximum Gasteiger partial charge on any atom is 0.141 e. The molecule has 14 heavy (non-hydrogen) atoms. The van der Waals surface area contributed by atoms with Gasteiger partial charge >= 0.3 is 0 Å². The minimum Gasteiger partial charge on any atom is -0.319 e. The first-order chi connectivity index (χ1) is 6.66. The number of halogens is 1. The van der Waals surface area contributed by atoms with E-state index in [1.54, 1.807) is 6.07 Å². The second-order valence-electron chi connectivity index (χ2n) is 4.24. The Balaban J connectivity index is 2.13. The summed E-state index contributed by atoms with van der Waals surface area (Å²) in [4.78, 5) is 4.14. The van der Waals surface area contributed by atoms with Gasteiger partial charge in [0.2, 0.25) is 0 Å². The Morgan fingerprint density at radius 2 is 2.43 bits per heavy atom. The first-order valence-electron chi connectivity index (χ1n) is 4.93. The van der Waals surface area contributed by atoms with Gasteiger partial charge in [-0.25, -0.2) is 4.39 Å². The van der Waals surface area contributed by atoms with Gasteiger partial charge in [0.15, 0.2) is 0 Å². The largest absolute Gasteiger partial charge is 0.319 e. The summed E-state index contributed by atoms with van der Waals surface area (Å²) in [5.41, 5.74) is 1.18. The summed E-state index contributed by atoms with van der Waals surface area (Å²) in [6.07, 6.45) is 2.45. The number of aromatic nitrogens is 1. The maximum atomic E-state index is 12.7. The summed E-state index contributed by atoms with van der Waals surface area (Å²) in [6.45, 7) is 3.20. The molecule has 0 saturated heterocycles. The Hall–Kier alpha value is -0.960. The van der Waals surface area contributed by atoms with Gasteiger partial charge in [0, 0.05) is 11.1 Å². The zero-order valence-corrected chi connectivity index (χ0v) is 8.55. The molecule has 0 aromatic carbocycles. The van der Waals surface area contributed by atoms with Crippen molar-refractivity contribution in [1.82, 2.24) is 10.3 Å². The Bertz CT molecular complexity index is 323. The lowest BCUT2D eigenvalue weighted by Gasteiger charge is -2.10. The van der Waals surface area contributed by atoms with Gasteiger partial charge in [-0.1, -0.05) is 6.92 Å². The van der Waals surface area contributed by atoms with Crippen molar-refractivity contribution < 1.29 is 4.39 Å². The van der Waals surface area contributed by atoms with Gasteiger partial charge < -0.3 is 5.32 Å². The quantitative estimate of drug-likeness (QED) is 0.792. The van der Waals surface area contributed by atoms with Crippen LogP contribution < -0.4 is 5.32 Å². The summed E-state index contributed by atoms with van der Waals surface area (Å²) in [7, 11) is 1.96. The molecule has 1 aromatic rings. The average molecular weight is 194 g/mol. The molecule has 76 valence electrons. The van der Waals surface area contributed by atoms with Crippen LogP contribution in [0.3, 0.4) is 0 Å². The third kappa shape index (κ3) is 1.52. The van der Waals surface area contributed by atoms with Crippen LogP contribution in [0.5, 0.6) is 0 Å². The summed E-state index contributed by atoms with van der Waals surface area (Å²) in [5, 5.41) is 3.16. The van der Waals surface area contributed by atoms with E-state index in [0.29, 0.717) is 5.92 Å². The number of hydrogen-bond acceptors (Lipinski definition) is 2. The van der Waals surface area contributed by atoms with E-state index in [2.05, 4.69) is 17.2 Å². The zero-order chi connectivity index (χ0) is 10.2. The molecule has 1 aliphatic rings. The monoisotopic (exact) mass is 194 g/mol. The van der Waals surface area contributed by atoms with E-state index >= 15 is 0 Å². The van der Waals surface area contributed by atoms with Crippen molar-refractivity contribution in [2.24, 2.45) is 5.92 Å². The Labute approximate surface area is 83.6 Å². The molecule has 0 radical (unpaired) electrons. The number of nitrogens with zero attached hydrogens (tertiary/aromatic N) is 1. The molecule has 1 N–H and O–H groups in total. The molecule has 2 atom stereocenters. The number of rotatable bonds is 3. The van der Waals surface area contributed by atoms with Crippen molar-refractivity contribution in [3.63, 3.8) is 0 Å². The van der Waals surface area contributed by atoms with Gasteiger partial charge in [0.25, 0.3) is 0 Å². The predicted octanol–water partition coefficient (Wildman–Crippen LogP) is 1.72. The van der Waals surface area contributed by atoms with Gasteiger partial charge in [-0.05, 0) is 38.1 Å². The van der Waals surface area contributed by atoms with Crippen LogP contribution in [0.15, 0.2) is 18.3 Å². The van der Waals surface area contributed by atoms with Crippen LogP contribution in [0, 0.1) is 11.7 Å². The Kier molecular flexibility index (Phi) is 2.27. The average Bonchev–Trinajstić information content (AvgIpc) is 2.80. The van der Waals surface area contributed by atoms with Crippen LogP contribution in [0.25, 0.3) is 0 Å². The molecule has 0 aliphatic heterocycles. The molecule has 1 fully saturated rings. The third-order valence-electron chi connectivity index (χ3n) is 3.17. The van der Waals surface area contributed by atoms with Crippen LogP contribution in [0.1, 0.15) is 19.0 Å². The molecule has 2 nitrogen and oxygen atoms in total. The first kappa shape index (κ1) is 9.59. The lowest BCUT2D eigenvalue weighted by Crippen LogP contribution is -2.16. The van der Waals surface area contributed by atoms with E-state index in [4.69, 9.17) is 0 Å². The van der Waals surface area contributed by atoms with E-state index in [0.717, 1.165) is 18.7 Å². The molecule has 0 amide bonds. The standard InChI is InChI=1S/C11H15FN2/c1-11(5-8(11)6-13-2)10-4-3-9(12)7-14-10/h3-4,7-8,13H,5-6H2,1-2H3. The fourth-order valence-corrected chi connectivity index (χ4v) is 2.02. The second-order valence-corrected chi connectivity index (χ2v) is 4.24. The molecular weight excluding hydrogens is 179 g/mol. The van der Waals surface area contributed by atoms with Gasteiger partial charge in [-0.15, -0.1) is 0 Å². The molecule has 2 rings (SSSR count). The fraction of sp³-hybridized carbons (Fsp3) is 0.545. The lowest BCUT2D eigenvalue weighted by atomic mass is 10.0. The summed E-state index contributed by atoms with van der Waals surface area (Å²) in [5.74, 6) is 0.383. The minimum atomic E-state index is -0.261. The first-order valence-corrected chi connectivity index (χ1v) is 4.93. The predicted molar refractivity (Wildman–Crippen MR) is 53.6 cm³/mol. The van der Waals surface area contributed by atoms with Crippen LogP contribution in [0.4, 0.5) is 4.39 Å². The van der Waals surface area contributed by atoms with Gasteiger partial charge in [-0.2, -0.15) is 0 Å². The molecule has 0 bridgehead atoms. The second kappa shape index (κ2) is 3.31. The topological polar surface area (TPSA) is 24.9 Å². The molecule has 3 heteroatoms. The summed E-state index contributed by atoms with van der Waals surface area (Å²) >= 11 is 0. The fourth-order valence-electron chi connectivity index (χ4n) is 2.02. The third-order valence-corrected chi connectivity index (χ3v) is 3.17. The highest BCUT2D eigenvalue weighted by atomic mass is 19.1. The van der Waals surface area contributed by atoms with Crippen molar-refractivity contribution >= 4 is 0 Å². The van der Waals surface area contributed by atoms with Crippen molar-refractivity contribution in [3.8, 4) is 0 Å². The van der Waals surface area contributed by atoms with E-state index in [1.807, 2.05) is 7.05 Å². The molecular formula is C11H15FN2. The van der Waals surface area contributed by atoms with Crippen molar-refractivity contribution in [2.75, 3.05) is 13.6 Å². The van der Waals surface area contributed by atoms with Crippen molar-refractivity contribution in [3.05, 3.63) is 29.8 Å². The molecule has 2 unspecified atom stereocenters. The summed E-state index contributed by atoms with van der Waals surface area (Å²) in [6, 6.07) is 3.29. The van der Waals surface area contributed by atoms with E-state index < -0.39 is 0 Å². The highest BCUT2D eigenvalue weighted by Gasteiger charge is 2.51. The van der Waals surface area contributed by atoms with Gasteiger partial charge in [0.05, 0.1) is 6.20 Å². The Morgan fingerprint density at radius 3 is 3.00 bits per heavy atom. The maximum absolute atomic E-state index is 12.7. The molecule has 1 aliphatic carbocycles. The van der Waals surface area contributed by atoms with E-state index in [-0.39, 0.29) is 11.2 Å². The SMILES string of the molecule is CNCC1CC1(C)c1ccc(F)cn1. The number of pyridine rings is 1. The van der Waals surface area contributed by atoms with Crippen LogP contribution in [0.2, 0.25) is 0 Å². The van der Waals surface area contributed by atoms with Crippen LogP contribution in [-0.4, -0.2) is 18.6 Å². The smallest absolute Gasteiger partial charge is 0.141 e. The zero-order valence-electron chi connectivity index (χ0n) is 8.55. The minimum absolute atomic E-state index is 0.163.